The number of thiophene rings is 1. The maximum Gasteiger partial charge on any atom is 0.345 e. The fraction of sp³-hybridized carbons (Fsp3) is 0.438. The minimum absolute atomic E-state index is 0.0455. The van der Waals surface area contributed by atoms with Crippen LogP contribution < -0.4 is 5.32 Å². The summed E-state index contributed by atoms with van der Waals surface area (Å²) in [6.45, 7) is 5.42. The largest absolute Gasteiger partial charge is 0.462 e. The van der Waals surface area contributed by atoms with E-state index in [0.29, 0.717) is 5.69 Å². The third kappa shape index (κ3) is 3.49. The molecule has 0 unspecified atom stereocenters. The molecule has 8 heteroatoms. The minimum atomic E-state index is -0.549. The highest BCUT2D eigenvalue weighted by Gasteiger charge is 2.25. The molecular weight excluding hydrogens is 330 g/mol. The van der Waals surface area contributed by atoms with Gasteiger partial charge in [-0.05, 0) is 37.3 Å². The molecule has 1 aliphatic rings. The first-order chi connectivity index (χ1) is 11.6. The number of nitrogens with zero attached hydrogens (tertiary/aromatic N) is 2. The van der Waals surface area contributed by atoms with Crippen LogP contribution in [0.15, 0.2) is 16.0 Å². The quantitative estimate of drug-likeness (QED) is 0.833. The van der Waals surface area contributed by atoms with Gasteiger partial charge in [-0.25, -0.2) is 4.79 Å². The molecule has 3 heterocycles. The topological polar surface area (TPSA) is 84.7 Å². The second kappa shape index (κ2) is 7.14. The first-order valence-electron chi connectivity index (χ1n) is 7.79. The minimum Gasteiger partial charge on any atom is -0.462 e. The van der Waals surface area contributed by atoms with Gasteiger partial charge in [-0.15, -0.1) is 11.3 Å². The maximum absolute atomic E-state index is 12.3. The molecular formula is C16H19N3O4S. The lowest BCUT2D eigenvalue weighted by molar-refractivity contribution is -0.117. The SMILES string of the molecule is CCOC(=O)c1c(C)noc1NC(=O)CN1CCc2sccc2C1. The van der Waals surface area contributed by atoms with E-state index >= 15 is 0 Å². The van der Waals surface area contributed by atoms with Crippen molar-refractivity contribution in [2.75, 3.05) is 25.0 Å². The Morgan fingerprint density at radius 1 is 1.50 bits per heavy atom. The Kier molecular flexibility index (Phi) is 4.96. The van der Waals surface area contributed by atoms with Crippen LogP contribution in [0.5, 0.6) is 0 Å². The number of nitrogens with one attached hydrogen (secondary N) is 1. The van der Waals surface area contributed by atoms with Crippen molar-refractivity contribution in [1.29, 1.82) is 0 Å². The van der Waals surface area contributed by atoms with Gasteiger partial charge in [-0.2, -0.15) is 0 Å². The Morgan fingerprint density at radius 2 is 2.33 bits per heavy atom. The zero-order valence-corrected chi connectivity index (χ0v) is 14.4. The second-order valence-electron chi connectivity index (χ2n) is 5.57. The molecule has 0 fully saturated rings. The summed E-state index contributed by atoms with van der Waals surface area (Å²) in [6, 6.07) is 2.10. The average molecular weight is 349 g/mol. The number of anilines is 1. The molecule has 7 nitrogen and oxygen atoms in total. The smallest absolute Gasteiger partial charge is 0.345 e. The van der Waals surface area contributed by atoms with Crippen LogP contribution in [-0.2, 0) is 22.5 Å². The van der Waals surface area contributed by atoms with Crippen molar-refractivity contribution < 1.29 is 18.8 Å². The third-order valence-corrected chi connectivity index (χ3v) is 4.87. The average Bonchev–Trinajstić information content (AvgIpc) is 3.13. The van der Waals surface area contributed by atoms with Gasteiger partial charge in [0.2, 0.25) is 11.8 Å². The van der Waals surface area contributed by atoms with Crippen LogP contribution in [0.4, 0.5) is 5.88 Å². The van der Waals surface area contributed by atoms with Gasteiger partial charge in [0.1, 0.15) is 5.56 Å². The maximum atomic E-state index is 12.3. The number of carbonyl (C=O) groups excluding carboxylic acids is 2. The first-order valence-corrected chi connectivity index (χ1v) is 8.67. The molecule has 24 heavy (non-hydrogen) atoms. The highest BCUT2D eigenvalue weighted by molar-refractivity contribution is 7.10. The van der Waals surface area contributed by atoms with Gasteiger partial charge in [0.25, 0.3) is 0 Å². The first kappa shape index (κ1) is 16.7. The highest BCUT2D eigenvalue weighted by atomic mass is 32.1. The summed E-state index contributed by atoms with van der Waals surface area (Å²) in [7, 11) is 0. The standard InChI is InChI=1S/C16H19N3O4S/c1-3-22-16(21)14-10(2)18-23-15(14)17-13(20)9-19-6-4-12-11(8-19)5-7-24-12/h5,7H,3-4,6,8-9H2,1-2H3,(H,17,20). The van der Waals surface area contributed by atoms with Gasteiger partial charge in [-0.1, -0.05) is 5.16 Å². The lowest BCUT2D eigenvalue weighted by atomic mass is 10.1. The predicted octanol–water partition coefficient (Wildman–Crippen LogP) is 2.22. The zero-order valence-electron chi connectivity index (χ0n) is 13.6. The van der Waals surface area contributed by atoms with Gasteiger partial charge in [0.15, 0.2) is 0 Å². The van der Waals surface area contributed by atoms with Crippen molar-refractivity contribution in [2.24, 2.45) is 0 Å². The van der Waals surface area contributed by atoms with Crippen LogP contribution in [0.2, 0.25) is 0 Å². The summed E-state index contributed by atoms with van der Waals surface area (Å²) < 4.78 is 10.0. The molecule has 0 spiro atoms. The van der Waals surface area contributed by atoms with Crippen LogP contribution in [0, 0.1) is 6.92 Å². The lowest BCUT2D eigenvalue weighted by Gasteiger charge is -2.25. The summed E-state index contributed by atoms with van der Waals surface area (Å²) in [6.07, 6.45) is 0.954. The van der Waals surface area contributed by atoms with E-state index in [9.17, 15) is 9.59 Å². The van der Waals surface area contributed by atoms with Gasteiger partial charge < -0.3 is 9.26 Å². The van der Waals surface area contributed by atoms with Gasteiger partial charge in [0.05, 0.1) is 18.8 Å². The summed E-state index contributed by atoms with van der Waals surface area (Å²) in [5.41, 5.74) is 1.84. The number of hydrogen-bond donors (Lipinski definition) is 1. The van der Waals surface area contributed by atoms with E-state index in [4.69, 9.17) is 9.26 Å². The number of amides is 1. The van der Waals surface area contributed by atoms with Crippen molar-refractivity contribution in [1.82, 2.24) is 10.1 Å². The third-order valence-electron chi connectivity index (χ3n) is 3.85. The van der Waals surface area contributed by atoms with Gasteiger partial charge in [-0.3, -0.25) is 15.0 Å². The van der Waals surface area contributed by atoms with E-state index in [1.54, 1.807) is 25.2 Å². The molecule has 1 aliphatic heterocycles. The fourth-order valence-corrected chi connectivity index (χ4v) is 3.60. The number of fused-ring (bicyclic) bond motifs is 1. The molecule has 128 valence electrons. The van der Waals surface area contributed by atoms with Crippen molar-refractivity contribution >= 4 is 29.1 Å². The van der Waals surface area contributed by atoms with E-state index in [2.05, 4.69) is 26.8 Å². The molecule has 3 rings (SSSR count). The summed E-state index contributed by atoms with van der Waals surface area (Å²) in [4.78, 5) is 27.7. The van der Waals surface area contributed by atoms with Gasteiger partial charge >= 0.3 is 5.97 Å². The molecule has 0 radical (unpaired) electrons. The Hall–Kier alpha value is -2.19. The summed E-state index contributed by atoms with van der Waals surface area (Å²) in [5, 5.41) is 8.45. The molecule has 0 aliphatic carbocycles. The number of aryl methyl sites for hydroxylation is 1. The van der Waals surface area contributed by atoms with Gasteiger partial charge in [0, 0.05) is 18.0 Å². The molecule has 0 atom stereocenters. The molecule has 2 aromatic heterocycles. The normalized spacial score (nSPS) is 14.2. The van der Waals surface area contributed by atoms with Crippen molar-refractivity contribution in [3.8, 4) is 0 Å². The zero-order chi connectivity index (χ0) is 17.1. The highest BCUT2D eigenvalue weighted by Crippen LogP contribution is 2.24. The number of hydrogen-bond acceptors (Lipinski definition) is 7. The van der Waals surface area contributed by atoms with Crippen molar-refractivity contribution in [2.45, 2.75) is 26.8 Å². The summed E-state index contributed by atoms with van der Waals surface area (Å²) in [5.74, 6) is -0.744. The van der Waals surface area contributed by atoms with Crippen molar-refractivity contribution in [3.63, 3.8) is 0 Å². The molecule has 1 amide bonds. The predicted molar refractivity (Wildman–Crippen MR) is 89.1 cm³/mol. The monoisotopic (exact) mass is 349 g/mol. The molecule has 0 saturated heterocycles. The lowest BCUT2D eigenvalue weighted by Crippen LogP contribution is -2.36. The van der Waals surface area contributed by atoms with Crippen LogP contribution >= 0.6 is 11.3 Å². The van der Waals surface area contributed by atoms with E-state index in [1.165, 1.54) is 10.4 Å². The molecule has 2 aromatic rings. The molecule has 1 N–H and O–H groups in total. The van der Waals surface area contributed by atoms with Crippen LogP contribution in [0.3, 0.4) is 0 Å². The van der Waals surface area contributed by atoms with E-state index < -0.39 is 5.97 Å². The van der Waals surface area contributed by atoms with Crippen LogP contribution in [0.25, 0.3) is 0 Å². The van der Waals surface area contributed by atoms with Crippen LogP contribution in [0.1, 0.15) is 33.4 Å². The van der Waals surface area contributed by atoms with E-state index in [1.807, 2.05) is 0 Å². The number of carbonyl (C=O) groups is 2. The molecule has 0 bridgehead atoms. The number of esters is 1. The number of ether oxygens (including phenoxy) is 1. The summed E-state index contributed by atoms with van der Waals surface area (Å²) >= 11 is 1.76. The Bertz CT molecular complexity index is 752. The Morgan fingerprint density at radius 3 is 3.12 bits per heavy atom. The number of rotatable bonds is 5. The van der Waals surface area contributed by atoms with E-state index in [-0.39, 0.29) is 30.5 Å². The fourth-order valence-electron chi connectivity index (χ4n) is 2.71. The van der Waals surface area contributed by atoms with Crippen molar-refractivity contribution in [3.05, 3.63) is 33.1 Å². The van der Waals surface area contributed by atoms with E-state index in [0.717, 1.165) is 19.5 Å². The second-order valence-corrected chi connectivity index (χ2v) is 6.57. The Balaban J connectivity index is 1.63. The number of aromatic nitrogens is 1. The molecule has 0 saturated carbocycles. The Labute approximate surface area is 143 Å². The molecule has 0 aromatic carbocycles. The van der Waals surface area contributed by atoms with Crippen LogP contribution in [-0.4, -0.2) is 41.6 Å².